The molecule has 0 saturated heterocycles. The largest absolute Gasteiger partial charge is 0.493 e. The quantitative estimate of drug-likeness (QED) is 0.612. The molecule has 0 spiro atoms. The fourth-order valence-electron chi connectivity index (χ4n) is 3.23. The highest BCUT2D eigenvalue weighted by Gasteiger charge is 2.29. The number of anilines is 1. The van der Waals surface area contributed by atoms with Gasteiger partial charge in [-0.15, -0.1) is 11.3 Å². The molecule has 3 aromatic rings. The van der Waals surface area contributed by atoms with Crippen molar-refractivity contribution in [1.29, 1.82) is 5.26 Å². The Morgan fingerprint density at radius 2 is 2.10 bits per heavy atom. The van der Waals surface area contributed by atoms with Gasteiger partial charge in [-0.25, -0.2) is 4.98 Å². The highest BCUT2D eigenvalue weighted by molar-refractivity contribution is 7.13. The summed E-state index contributed by atoms with van der Waals surface area (Å²) in [6, 6.07) is 11.5. The van der Waals surface area contributed by atoms with Crippen molar-refractivity contribution in [2.24, 2.45) is 0 Å². The molecule has 2 N–H and O–H groups in total. The number of nitrogens with zero attached hydrogens (tertiary/aromatic N) is 2. The minimum absolute atomic E-state index is 0.205. The number of carboxylic acid groups (broad SMARTS) is 1. The summed E-state index contributed by atoms with van der Waals surface area (Å²) < 4.78 is 11.4. The van der Waals surface area contributed by atoms with Crippen molar-refractivity contribution >= 4 is 28.3 Å². The van der Waals surface area contributed by atoms with Crippen LogP contribution in [0.1, 0.15) is 39.5 Å². The van der Waals surface area contributed by atoms with Crippen LogP contribution in [-0.4, -0.2) is 28.6 Å². The van der Waals surface area contributed by atoms with E-state index in [-0.39, 0.29) is 23.8 Å². The second-order valence-electron chi connectivity index (χ2n) is 6.90. The molecule has 1 unspecified atom stereocenters. The molecule has 1 atom stereocenters. The van der Waals surface area contributed by atoms with E-state index in [0.29, 0.717) is 34.2 Å². The number of rotatable bonds is 5. The molecule has 0 fully saturated rings. The van der Waals surface area contributed by atoms with Crippen LogP contribution in [0.5, 0.6) is 17.2 Å². The molecule has 1 aliphatic heterocycles. The zero-order chi connectivity index (χ0) is 22.0. The first-order valence-corrected chi connectivity index (χ1v) is 10.3. The van der Waals surface area contributed by atoms with Gasteiger partial charge in [-0.2, -0.15) is 5.26 Å². The maximum absolute atomic E-state index is 12.3. The summed E-state index contributed by atoms with van der Waals surface area (Å²) in [6.45, 7) is 2.12. The zero-order valence-electron chi connectivity index (χ0n) is 16.4. The number of aliphatic carboxylic acids is 1. The molecule has 2 heterocycles. The number of fused-ring (bicyclic) bond motifs is 1. The number of carboxylic acids is 1. The zero-order valence-corrected chi connectivity index (χ0v) is 17.2. The number of ether oxygens (including phenoxy) is 2. The van der Waals surface area contributed by atoms with E-state index >= 15 is 0 Å². The number of hydrogen-bond acceptors (Lipinski definition) is 7. The highest BCUT2D eigenvalue weighted by Crippen LogP contribution is 2.39. The van der Waals surface area contributed by atoms with Crippen LogP contribution in [0.15, 0.2) is 41.8 Å². The molecule has 0 bridgehead atoms. The molecule has 0 radical (unpaired) electrons. The van der Waals surface area contributed by atoms with Gasteiger partial charge in [0.15, 0.2) is 5.13 Å². The van der Waals surface area contributed by atoms with Gasteiger partial charge >= 0.3 is 5.97 Å². The van der Waals surface area contributed by atoms with Gasteiger partial charge in [0.25, 0.3) is 5.91 Å². The van der Waals surface area contributed by atoms with Crippen molar-refractivity contribution < 1.29 is 24.2 Å². The number of benzene rings is 2. The third kappa shape index (κ3) is 4.34. The van der Waals surface area contributed by atoms with Crippen molar-refractivity contribution in [2.75, 3.05) is 11.9 Å². The Morgan fingerprint density at radius 3 is 2.74 bits per heavy atom. The number of thiazole rings is 1. The Bertz CT molecular complexity index is 1200. The van der Waals surface area contributed by atoms with E-state index in [9.17, 15) is 20.0 Å². The van der Waals surface area contributed by atoms with Gasteiger partial charge in [-0.1, -0.05) is 0 Å². The number of aryl methyl sites for hydroxylation is 1. The predicted octanol–water partition coefficient (Wildman–Crippen LogP) is 4.32. The van der Waals surface area contributed by atoms with Crippen LogP contribution in [0.4, 0.5) is 5.13 Å². The number of carbonyl (C=O) groups excluding carboxylic acids is 1. The lowest BCUT2D eigenvalue weighted by Crippen LogP contribution is -2.21. The van der Waals surface area contributed by atoms with Crippen molar-refractivity contribution in [3.8, 4) is 23.3 Å². The number of nitrogens with one attached hydrogen (secondary N) is 1. The van der Waals surface area contributed by atoms with E-state index < -0.39 is 11.9 Å². The minimum Gasteiger partial charge on any atom is -0.493 e. The molecule has 1 amide bonds. The van der Waals surface area contributed by atoms with Gasteiger partial charge in [0.05, 0.1) is 23.8 Å². The van der Waals surface area contributed by atoms with Crippen LogP contribution >= 0.6 is 11.3 Å². The summed E-state index contributed by atoms with van der Waals surface area (Å²) in [4.78, 5) is 28.0. The third-order valence-electron chi connectivity index (χ3n) is 4.75. The first-order chi connectivity index (χ1) is 14.9. The second kappa shape index (κ2) is 8.45. The van der Waals surface area contributed by atoms with Crippen molar-refractivity contribution in [1.82, 2.24) is 4.98 Å². The topological polar surface area (TPSA) is 122 Å². The van der Waals surface area contributed by atoms with E-state index in [1.54, 1.807) is 24.3 Å². The summed E-state index contributed by atoms with van der Waals surface area (Å²) in [5, 5.41) is 24.0. The number of aromatic nitrogens is 1. The van der Waals surface area contributed by atoms with E-state index in [0.717, 1.165) is 5.69 Å². The van der Waals surface area contributed by atoms with Gasteiger partial charge in [0, 0.05) is 22.6 Å². The molecule has 0 aliphatic carbocycles. The highest BCUT2D eigenvalue weighted by atomic mass is 32.1. The second-order valence-corrected chi connectivity index (χ2v) is 7.76. The molecule has 2 aromatic carbocycles. The smallest absolute Gasteiger partial charge is 0.311 e. The van der Waals surface area contributed by atoms with Crippen molar-refractivity contribution in [2.45, 2.75) is 19.3 Å². The Morgan fingerprint density at radius 1 is 1.32 bits per heavy atom. The van der Waals surface area contributed by atoms with E-state index in [2.05, 4.69) is 10.3 Å². The molecule has 31 heavy (non-hydrogen) atoms. The number of nitriles is 1. The van der Waals surface area contributed by atoms with Crippen LogP contribution in [-0.2, 0) is 4.79 Å². The number of hydrogen-bond donors (Lipinski definition) is 2. The van der Waals surface area contributed by atoms with Gasteiger partial charge in [-0.3, -0.25) is 14.9 Å². The molecule has 0 saturated carbocycles. The van der Waals surface area contributed by atoms with E-state index in [4.69, 9.17) is 9.47 Å². The monoisotopic (exact) mass is 435 g/mol. The van der Waals surface area contributed by atoms with Crippen molar-refractivity contribution in [3.05, 3.63) is 64.2 Å². The lowest BCUT2D eigenvalue weighted by Gasteiger charge is -2.24. The van der Waals surface area contributed by atoms with Crippen LogP contribution in [0, 0.1) is 18.3 Å². The predicted molar refractivity (Wildman–Crippen MR) is 113 cm³/mol. The molecule has 8 nitrogen and oxygen atoms in total. The fourth-order valence-corrected chi connectivity index (χ4v) is 3.91. The van der Waals surface area contributed by atoms with E-state index in [1.807, 2.05) is 18.4 Å². The molecule has 156 valence electrons. The summed E-state index contributed by atoms with van der Waals surface area (Å²) in [6.07, 6.45) is 0.345. The average Bonchev–Trinajstić information content (AvgIpc) is 3.17. The van der Waals surface area contributed by atoms with E-state index in [1.165, 1.54) is 23.5 Å². The lowest BCUT2D eigenvalue weighted by atomic mass is 9.91. The molecular weight excluding hydrogens is 418 g/mol. The summed E-state index contributed by atoms with van der Waals surface area (Å²) >= 11 is 1.35. The summed E-state index contributed by atoms with van der Waals surface area (Å²) in [5.41, 5.74) is 1.93. The van der Waals surface area contributed by atoms with Gasteiger partial charge in [0.2, 0.25) is 0 Å². The minimum atomic E-state index is -0.955. The SMILES string of the molecule is Cc1csc(NC(=O)c2ccc(Oc3cc4c(cc3C#N)C(C(=O)O)CCO4)cc2)n1. The normalized spacial score (nSPS) is 14.6. The molecule has 1 aromatic heterocycles. The Labute approximate surface area is 181 Å². The standard InChI is InChI=1S/C22H17N3O5S/c1-12-11-31-22(24-12)25-20(26)13-2-4-15(5-3-13)30-18-9-19-17(8-14(18)10-23)16(21(27)28)6-7-29-19/h2-5,8-9,11,16H,6-7H2,1H3,(H,27,28)(H,24,25,26). The van der Waals surface area contributed by atoms with Gasteiger partial charge in [0.1, 0.15) is 23.3 Å². The van der Waals surface area contributed by atoms with Crippen LogP contribution in [0.2, 0.25) is 0 Å². The molecule has 1 aliphatic rings. The Kier molecular flexibility index (Phi) is 5.56. The van der Waals surface area contributed by atoms with Gasteiger partial charge in [-0.05, 0) is 43.7 Å². The lowest BCUT2D eigenvalue weighted by molar-refractivity contribution is -0.139. The first-order valence-electron chi connectivity index (χ1n) is 9.39. The third-order valence-corrected chi connectivity index (χ3v) is 5.63. The first kappa shape index (κ1) is 20.4. The molecule has 4 rings (SSSR count). The Balaban J connectivity index is 1.53. The number of carbonyl (C=O) groups is 2. The van der Waals surface area contributed by atoms with Crippen LogP contribution in [0.3, 0.4) is 0 Å². The molecule has 9 heteroatoms. The van der Waals surface area contributed by atoms with Crippen LogP contribution < -0.4 is 14.8 Å². The van der Waals surface area contributed by atoms with Gasteiger partial charge < -0.3 is 14.6 Å². The number of amides is 1. The Hall–Kier alpha value is -3.90. The maximum Gasteiger partial charge on any atom is 0.311 e. The fraction of sp³-hybridized carbons (Fsp3) is 0.182. The van der Waals surface area contributed by atoms with Crippen LogP contribution in [0.25, 0.3) is 0 Å². The maximum atomic E-state index is 12.3. The average molecular weight is 435 g/mol. The van der Waals surface area contributed by atoms with Crippen molar-refractivity contribution in [3.63, 3.8) is 0 Å². The molecular formula is C22H17N3O5S. The summed E-state index contributed by atoms with van der Waals surface area (Å²) in [7, 11) is 0. The summed E-state index contributed by atoms with van der Waals surface area (Å²) in [5.74, 6) is -0.900.